The van der Waals surface area contributed by atoms with Crippen molar-refractivity contribution >= 4 is 0 Å². The van der Waals surface area contributed by atoms with E-state index in [2.05, 4.69) is 0 Å². The monoisotopic (exact) mass is 146 g/mol. The van der Waals surface area contributed by atoms with Crippen LogP contribution in [0.15, 0.2) is 0 Å². The third-order valence-electron chi connectivity index (χ3n) is 1.58. The Morgan fingerprint density at radius 2 is 1.60 bits per heavy atom. The maximum atomic E-state index is 9.24. The van der Waals surface area contributed by atoms with Gasteiger partial charge in [0.25, 0.3) is 0 Å². The second-order valence-electron chi connectivity index (χ2n) is 3.17. The van der Waals surface area contributed by atoms with Crippen molar-refractivity contribution in [3.63, 3.8) is 0 Å². The predicted molar refractivity (Wildman–Crippen MR) is 41.8 cm³/mol. The first kappa shape index (κ1) is 9.92. The summed E-state index contributed by atoms with van der Waals surface area (Å²) in [5.74, 6) is 0.455. The molecule has 2 heteroatoms. The second kappa shape index (κ2) is 4.69. The quantitative estimate of drug-likeness (QED) is 0.625. The topological polar surface area (TPSA) is 40.5 Å². The summed E-state index contributed by atoms with van der Waals surface area (Å²) in [5, 5.41) is 18.4. The Hall–Kier alpha value is -0.0800. The molecule has 0 saturated heterocycles. The Morgan fingerprint density at radius 3 is 1.90 bits per heavy atom. The molecule has 0 rings (SSSR count). The van der Waals surface area contributed by atoms with E-state index in [4.69, 9.17) is 5.11 Å². The van der Waals surface area contributed by atoms with Crippen LogP contribution in [0.2, 0.25) is 0 Å². The van der Waals surface area contributed by atoms with Crippen molar-refractivity contribution in [2.45, 2.75) is 45.8 Å². The van der Waals surface area contributed by atoms with Gasteiger partial charge in [0.2, 0.25) is 0 Å². The van der Waals surface area contributed by atoms with E-state index in [-0.39, 0.29) is 0 Å². The van der Waals surface area contributed by atoms with Gasteiger partial charge in [-0.05, 0) is 18.8 Å². The van der Waals surface area contributed by atoms with Gasteiger partial charge in [-0.25, -0.2) is 0 Å². The van der Waals surface area contributed by atoms with E-state index in [9.17, 15) is 5.11 Å². The zero-order valence-electron chi connectivity index (χ0n) is 7.04. The summed E-state index contributed by atoms with van der Waals surface area (Å²) in [7, 11) is 0. The van der Waals surface area contributed by atoms with E-state index < -0.39 is 12.2 Å². The standard InChI is InChI=1S/C8H18O2/c1-4-7(9)8(10)5-6(2)3/h6-10H,4-5H2,1-3H3/t7-,8+/m0/s1. The number of hydrogen-bond donors (Lipinski definition) is 2. The first-order valence-corrected chi connectivity index (χ1v) is 3.94. The van der Waals surface area contributed by atoms with E-state index in [0.29, 0.717) is 18.8 Å². The summed E-state index contributed by atoms with van der Waals surface area (Å²) in [4.78, 5) is 0. The van der Waals surface area contributed by atoms with Crippen molar-refractivity contribution in [2.75, 3.05) is 0 Å². The van der Waals surface area contributed by atoms with Gasteiger partial charge in [0, 0.05) is 0 Å². The molecule has 0 unspecified atom stereocenters. The van der Waals surface area contributed by atoms with Crippen LogP contribution in [0.4, 0.5) is 0 Å². The second-order valence-corrected chi connectivity index (χ2v) is 3.17. The molecule has 0 aliphatic heterocycles. The summed E-state index contributed by atoms with van der Waals surface area (Å²) >= 11 is 0. The molecule has 0 heterocycles. The van der Waals surface area contributed by atoms with Gasteiger partial charge in [-0.2, -0.15) is 0 Å². The van der Waals surface area contributed by atoms with Gasteiger partial charge in [-0.1, -0.05) is 20.8 Å². The van der Waals surface area contributed by atoms with Gasteiger partial charge in [0.1, 0.15) is 0 Å². The highest BCUT2D eigenvalue weighted by Gasteiger charge is 2.14. The highest BCUT2D eigenvalue weighted by atomic mass is 16.3. The minimum absolute atomic E-state index is 0.455. The molecule has 0 aliphatic carbocycles. The largest absolute Gasteiger partial charge is 0.390 e. The molecule has 62 valence electrons. The summed E-state index contributed by atoms with van der Waals surface area (Å²) in [6.45, 7) is 5.94. The lowest BCUT2D eigenvalue weighted by atomic mass is 10.0. The van der Waals surface area contributed by atoms with Gasteiger partial charge < -0.3 is 10.2 Å². The molecule has 0 saturated carbocycles. The lowest BCUT2D eigenvalue weighted by Crippen LogP contribution is -2.26. The van der Waals surface area contributed by atoms with Crippen molar-refractivity contribution in [3.05, 3.63) is 0 Å². The Bertz CT molecular complexity index is 81.3. The Kier molecular flexibility index (Phi) is 4.65. The van der Waals surface area contributed by atoms with Gasteiger partial charge in [0.15, 0.2) is 0 Å². The van der Waals surface area contributed by atoms with Crippen LogP contribution >= 0.6 is 0 Å². The molecule has 2 nitrogen and oxygen atoms in total. The summed E-state index contributed by atoms with van der Waals surface area (Å²) in [6, 6.07) is 0. The molecular weight excluding hydrogens is 128 g/mol. The molecule has 0 bridgehead atoms. The van der Waals surface area contributed by atoms with Crippen LogP contribution in [0.25, 0.3) is 0 Å². The van der Waals surface area contributed by atoms with E-state index >= 15 is 0 Å². The zero-order valence-corrected chi connectivity index (χ0v) is 7.04. The SMILES string of the molecule is CC[C@H](O)[C@H](O)CC(C)C. The average Bonchev–Trinajstić information content (AvgIpc) is 1.85. The number of aliphatic hydroxyl groups is 2. The molecule has 0 aliphatic rings. The Balaban J connectivity index is 3.50. The molecule has 10 heavy (non-hydrogen) atoms. The molecule has 0 radical (unpaired) electrons. The van der Waals surface area contributed by atoms with Crippen molar-refractivity contribution in [3.8, 4) is 0 Å². The molecule has 0 aromatic heterocycles. The van der Waals surface area contributed by atoms with Crippen LogP contribution in [-0.2, 0) is 0 Å². The average molecular weight is 146 g/mol. The fourth-order valence-electron chi connectivity index (χ4n) is 0.912. The van der Waals surface area contributed by atoms with Gasteiger partial charge >= 0.3 is 0 Å². The van der Waals surface area contributed by atoms with E-state index in [1.54, 1.807) is 0 Å². The highest BCUT2D eigenvalue weighted by molar-refractivity contribution is 4.66. The molecule has 2 N–H and O–H groups in total. The van der Waals surface area contributed by atoms with Crippen LogP contribution in [0.1, 0.15) is 33.6 Å². The van der Waals surface area contributed by atoms with Crippen LogP contribution in [0, 0.1) is 5.92 Å². The van der Waals surface area contributed by atoms with Crippen molar-refractivity contribution in [1.82, 2.24) is 0 Å². The van der Waals surface area contributed by atoms with Crippen molar-refractivity contribution in [1.29, 1.82) is 0 Å². The minimum atomic E-state index is -0.539. The highest BCUT2D eigenvalue weighted by Crippen LogP contribution is 2.09. The summed E-state index contributed by atoms with van der Waals surface area (Å²) in [5.41, 5.74) is 0. The van der Waals surface area contributed by atoms with Crippen LogP contribution in [-0.4, -0.2) is 22.4 Å². The summed E-state index contributed by atoms with van der Waals surface area (Å²) < 4.78 is 0. The predicted octanol–water partition coefficient (Wildman–Crippen LogP) is 1.16. The zero-order chi connectivity index (χ0) is 8.15. The van der Waals surface area contributed by atoms with Crippen LogP contribution in [0.3, 0.4) is 0 Å². The minimum Gasteiger partial charge on any atom is -0.390 e. The number of aliphatic hydroxyl groups excluding tert-OH is 2. The fourth-order valence-corrected chi connectivity index (χ4v) is 0.912. The van der Waals surface area contributed by atoms with Crippen molar-refractivity contribution < 1.29 is 10.2 Å². The summed E-state index contributed by atoms with van der Waals surface area (Å²) in [6.07, 6.45) is 0.246. The van der Waals surface area contributed by atoms with Crippen LogP contribution in [0.5, 0.6) is 0 Å². The Labute approximate surface area is 62.9 Å². The molecule has 0 aromatic rings. The lowest BCUT2D eigenvalue weighted by Gasteiger charge is -2.17. The maximum Gasteiger partial charge on any atom is 0.0801 e. The molecule has 0 spiro atoms. The molecule has 0 fully saturated rings. The normalized spacial score (nSPS) is 17.4. The fraction of sp³-hybridized carbons (Fsp3) is 1.00. The molecular formula is C8H18O2. The van der Waals surface area contributed by atoms with E-state index in [1.807, 2.05) is 20.8 Å². The van der Waals surface area contributed by atoms with E-state index in [0.717, 1.165) is 0 Å². The van der Waals surface area contributed by atoms with Crippen molar-refractivity contribution in [2.24, 2.45) is 5.92 Å². The van der Waals surface area contributed by atoms with E-state index in [1.165, 1.54) is 0 Å². The molecule has 0 aromatic carbocycles. The smallest absolute Gasteiger partial charge is 0.0801 e. The molecule has 2 atom stereocenters. The first-order chi connectivity index (χ1) is 4.57. The van der Waals surface area contributed by atoms with Gasteiger partial charge in [-0.15, -0.1) is 0 Å². The Morgan fingerprint density at radius 1 is 1.10 bits per heavy atom. The van der Waals surface area contributed by atoms with Gasteiger partial charge in [0.05, 0.1) is 12.2 Å². The first-order valence-electron chi connectivity index (χ1n) is 3.94. The third kappa shape index (κ3) is 3.85. The van der Waals surface area contributed by atoms with Gasteiger partial charge in [-0.3, -0.25) is 0 Å². The van der Waals surface area contributed by atoms with Crippen LogP contribution < -0.4 is 0 Å². The number of rotatable bonds is 4. The maximum absolute atomic E-state index is 9.24. The number of hydrogen-bond acceptors (Lipinski definition) is 2. The third-order valence-corrected chi connectivity index (χ3v) is 1.58. The molecule has 0 amide bonds. The lowest BCUT2D eigenvalue weighted by molar-refractivity contribution is 0.00588.